The molecule has 0 saturated carbocycles. The van der Waals surface area contributed by atoms with E-state index in [1.54, 1.807) is 62.3 Å². The maximum absolute atomic E-state index is 13.6. The average Bonchev–Trinajstić information content (AvgIpc) is 3.08. The van der Waals surface area contributed by atoms with Gasteiger partial charge in [-0.15, -0.1) is 0 Å². The van der Waals surface area contributed by atoms with Gasteiger partial charge in [0.05, 0.1) is 12.6 Å². The Hall–Kier alpha value is -4.48. The molecular weight excluding hydrogens is 688 g/mol. The zero-order chi connectivity index (χ0) is 41.2. The Bertz CT molecular complexity index is 1270. The van der Waals surface area contributed by atoms with Crippen LogP contribution in [0.2, 0.25) is 0 Å². The Morgan fingerprint density at radius 1 is 0.604 bits per heavy atom. The fourth-order valence-electron chi connectivity index (χ4n) is 5.04. The summed E-state index contributed by atoms with van der Waals surface area (Å²) >= 11 is 0. The van der Waals surface area contributed by atoms with E-state index >= 15 is 0 Å². The number of hydrogen-bond donors (Lipinski definition) is 10. The Morgan fingerprint density at radius 2 is 1.06 bits per heavy atom. The van der Waals surface area contributed by atoms with Gasteiger partial charge < -0.3 is 54.2 Å². The van der Waals surface area contributed by atoms with Crippen molar-refractivity contribution in [2.75, 3.05) is 13.1 Å². The summed E-state index contributed by atoms with van der Waals surface area (Å²) in [5, 5.41) is 25.3. The predicted octanol–water partition coefficient (Wildman–Crippen LogP) is -0.948. The highest BCUT2D eigenvalue weighted by atomic mass is 16.4. The summed E-state index contributed by atoms with van der Waals surface area (Å²) in [6.45, 7) is 17.1. The van der Waals surface area contributed by atoms with E-state index < -0.39 is 96.0 Å². The molecular formula is C35H66N10O8. The van der Waals surface area contributed by atoms with Gasteiger partial charge in [-0.25, -0.2) is 4.79 Å². The van der Waals surface area contributed by atoms with Crippen LogP contribution in [0.4, 0.5) is 0 Å². The van der Waals surface area contributed by atoms with Crippen LogP contribution >= 0.6 is 0 Å². The summed E-state index contributed by atoms with van der Waals surface area (Å²) in [5.41, 5.74) is 16.7. The highest BCUT2D eigenvalue weighted by Gasteiger charge is 2.35. The Balaban J connectivity index is 5.85. The van der Waals surface area contributed by atoms with Gasteiger partial charge in [0.1, 0.15) is 30.2 Å². The van der Waals surface area contributed by atoms with E-state index in [0.717, 1.165) is 0 Å². The largest absolute Gasteiger partial charge is 0.480 e. The third-order valence-electron chi connectivity index (χ3n) is 9.10. The quantitative estimate of drug-likeness (QED) is 0.0326. The maximum Gasteiger partial charge on any atom is 0.326 e. The number of guanidine groups is 1. The lowest BCUT2D eigenvalue weighted by molar-refractivity contribution is -0.143. The first-order valence-corrected chi connectivity index (χ1v) is 18.4. The molecule has 6 amide bonds. The number of carbonyl (C=O) groups is 7. The lowest BCUT2D eigenvalue weighted by Gasteiger charge is -2.30. The molecule has 18 heteroatoms. The molecule has 0 aliphatic carbocycles. The number of carboxylic acid groups (broad SMARTS) is 1. The Morgan fingerprint density at radius 3 is 1.53 bits per heavy atom. The van der Waals surface area contributed by atoms with Crippen LogP contribution in [0.15, 0.2) is 4.99 Å². The van der Waals surface area contributed by atoms with Crippen LogP contribution < -0.4 is 49.1 Å². The number of nitrogens with two attached hydrogens (primary N) is 3. The van der Waals surface area contributed by atoms with Crippen LogP contribution in [0.25, 0.3) is 0 Å². The van der Waals surface area contributed by atoms with Crippen LogP contribution in [-0.4, -0.2) is 102 Å². The zero-order valence-corrected chi connectivity index (χ0v) is 33.1. The summed E-state index contributed by atoms with van der Waals surface area (Å²) in [4.78, 5) is 94.9. The first-order chi connectivity index (χ1) is 24.6. The number of amides is 6. The lowest BCUT2D eigenvalue weighted by Crippen LogP contribution is -2.61. The molecule has 0 aromatic rings. The van der Waals surface area contributed by atoms with E-state index in [0.29, 0.717) is 12.8 Å². The first kappa shape index (κ1) is 48.5. The maximum atomic E-state index is 13.6. The summed E-state index contributed by atoms with van der Waals surface area (Å²) < 4.78 is 0. The molecule has 0 aromatic carbocycles. The number of hydrogen-bond acceptors (Lipinski definition) is 9. The monoisotopic (exact) mass is 755 g/mol. The fraction of sp³-hybridized carbons (Fsp3) is 0.771. The fourth-order valence-corrected chi connectivity index (χ4v) is 5.04. The van der Waals surface area contributed by atoms with Gasteiger partial charge in [-0.2, -0.15) is 0 Å². The van der Waals surface area contributed by atoms with Crippen molar-refractivity contribution in [3.05, 3.63) is 0 Å². The minimum Gasteiger partial charge on any atom is -0.480 e. The molecule has 53 heavy (non-hydrogen) atoms. The standard InChI is InChI=1S/C35H66N10O8/c1-11-20(9)27(44-32(50)26(19(7)8)42-30(48)24(36)17(3)4)33(51)43-25(18(5)6)31(49)40-16-23(46)41-22(14-13-15-39-35(37)38)29(47)45-28(34(52)53)21(10)12-2/h17-22,24-28H,11-16,36H2,1-10H3,(H,40,49)(H,41,46)(H,42,48)(H,43,51)(H,44,50)(H,45,47)(H,52,53)(H4,37,38,39)/t20-,21-,22-,24-,25-,26-,27-,28-/m0/s1. The number of nitrogens with zero attached hydrogens (tertiary/aromatic N) is 1. The zero-order valence-electron chi connectivity index (χ0n) is 33.1. The van der Waals surface area contributed by atoms with E-state index in [1.807, 2.05) is 6.92 Å². The van der Waals surface area contributed by atoms with E-state index in [2.05, 4.69) is 36.9 Å². The molecule has 8 atom stereocenters. The molecule has 0 rings (SSSR count). The van der Waals surface area contributed by atoms with Crippen molar-refractivity contribution in [2.24, 2.45) is 51.8 Å². The molecule has 0 unspecified atom stereocenters. The third-order valence-corrected chi connectivity index (χ3v) is 9.10. The average molecular weight is 755 g/mol. The van der Waals surface area contributed by atoms with Crippen molar-refractivity contribution < 1.29 is 38.7 Å². The lowest BCUT2D eigenvalue weighted by atomic mass is 9.95. The van der Waals surface area contributed by atoms with Crippen LogP contribution in [0.3, 0.4) is 0 Å². The molecule has 0 saturated heterocycles. The molecule has 18 nitrogen and oxygen atoms in total. The molecule has 0 bridgehead atoms. The number of nitrogens with one attached hydrogen (secondary N) is 6. The molecule has 0 aromatic heterocycles. The van der Waals surface area contributed by atoms with Gasteiger partial charge in [-0.1, -0.05) is 82.1 Å². The van der Waals surface area contributed by atoms with Gasteiger partial charge in [0, 0.05) is 6.54 Å². The number of aliphatic imine (C=N–C) groups is 1. The SMILES string of the molecule is CC[C@H](C)[C@H](NC(=O)[C@H](CCCN=C(N)N)NC(=O)CNC(=O)[C@@H](NC(=O)[C@@H](NC(=O)[C@@H](NC(=O)[C@@H](N)C(C)C)C(C)C)[C@@H](C)CC)C(C)C)C(=O)O. The number of aliphatic carboxylic acids is 1. The van der Waals surface area contributed by atoms with Gasteiger partial charge in [-0.05, 0) is 42.4 Å². The third kappa shape index (κ3) is 17.3. The number of rotatable bonds is 24. The molecule has 13 N–H and O–H groups in total. The van der Waals surface area contributed by atoms with E-state index in [1.165, 1.54) is 0 Å². The second-order valence-corrected chi connectivity index (χ2v) is 14.6. The van der Waals surface area contributed by atoms with Crippen LogP contribution in [0, 0.1) is 29.6 Å². The summed E-state index contributed by atoms with van der Waals surface area (Å²) in [7, 11) is 0. The summed E-state index contributed by atoms with van der Waals surface area (Å²) in [6.07, 6.45) is 1.32. The van der Waals surface area contributed by atoms with Crippen molar-refractivity contribution in [2.45, 2.75) is 131 Å². The topological polar surface area (TPSA) is 302 Å². The van der Waals surface area contributed by atoms with E-state index in [4.69, 9.17) is 17.2 Å². The van der Waals surface area contributed by atoms with Crippen molar-refractivity contribution in [1.82, 2.24) is 31.9 Å². The van der Waals surface area contributed by atoms with Crippen LogP contribution in [-0.2, 0) is 33.6 Å². The van der Waals surface area contributed by atoms with Crippen molar-refractivity contribution in [3.63, 3.8) is 0 Å². The van der Waals surface area contributed by atoms with Crippen molar-refractivity contribution >= 4 is 47.4 Å². The molecule has 0 fully saturated rings. The van der Waals surface area contributed by atoms with Crippen LogP contribution in [0.5, 0.6) is 0 Å². The summed E-state index contributed by atoms with van der Waals surface area (Å²) in [5.74, 6) is -6.94. The van der Waals surface area contributed by atoms with Gasteiger partial charge in [0.15, 0.2) is 5.96 Å². The van der Waals surface area contributed by atoms with Gasteiger partial charge in [0.25, 0.3) is 0 Å². The van der Waals surface area contributed by atoms with Gasteiger partial charge in [0.2, 0.25) is 35.4 Å². The predicted molar refractivity (Wildman–Crippen MR) is 202 cm³/mol. The molecule has 0 aliphatic heterocycles. The molecule has 0 heterocycles. The van der Waals surface area contributed by atoms with Gasteiger partial charge in [-0.3, -0.25) is 33.8 Å². The van der Waals surface area contributed by atoms with E-state index in [9.17, 15) is 38.7 Å². The second-order valence-electron chi connectivity index (χ2n) is 14.6. The first-order valence-electron chi connectivity index (χ1n) is 18.4. The minimum absolute atomic E-state index is 0.0639. The van der Waals surface area contributed by atoms with E-state index in [-0.39, 0.29) is 43.1 Å². The van der Waals surface area contributed by atoms with Crippen molar-refractivity contribution in [3.8, 4) is 0 Å². The molecule has 0 spiro atoms. The number of carboxylic acids is 1. The molecule has 0 aliphatic rings. The smallest absolute Gasteiger partial charge is 0.326 e. The van der Waals surface area contributed by atoms with Gasteiger partial charge >= 0.3 is 5.97 Å². The second kappa shape index (κ2) is 24.0. The highest BCUT2D eigenvalue weighted by Crippen LogP contribution is 2.13. The molecule has 304 valence electrons. The van der Waals surface area contributed by atoms with Crippen LogP contribution in [0.1, 0.15) is 94.9 Å². The summed E-state index contributed by atoms with van der Waals surface area (Å²) in [6, 6.07) is -6.35. The highest BCUT2D eigenvalue weighted by molar-refractivity contribution is 5.96. The Labute approximate surface area is 313 Å². The Kier molecular flexibility index (Phi) is 21.9. The minimum atomic E-state index is -1.22. The normalized spacial score (nSPS) is 15.8. The molecule has 0 radical (unpaired) electrons. The number of carbonyl (C=O) groups excluding carboxylic acids is 6. The van der Waals surface area contributed by atoms with Crippen molar-refractivity contribution in [1.29, 1.82) is 0 Å².